The average Bonchev–Trinajstić information content (AvgIpc) is 2.94. The Morgan fingerprint density at radius 2 is 1.73 bits per heavy atom. The monoisotopic (exact) mass is 427 g/mol. The van der Waals surface area contributed by atoms with Crippen LogP contribution in [0.4, 0.5) is 11.5 Å². The van der Waals surface area contributed by atoms with Crippen LogP contribution in [-0.4, -0.2) is 19.7 Å². The zero-order chi connectivity index (χ0) is 18.3. The number of aromatic nitrogens is 4. The molecule has 0 radical (unpaired) electrons. The average molecular weight is 429 g/mol. The number of hydrogen-bond donors (Lipinski definition) is 1. The van der Waals surface area contributed by atoms with Crippen LogP contribution < -0.4 is 5.32 Å². The lowest BCUT2D eigenvalue weighted by Crippen LogP contribution is -2.08. The fourth-order valence-electron chi connectivity index (χ4n) is 2.76. The van der Waals surface area contributed by atoms with E-state index in [4.69, 9.17) is 21.6 Å². The molecule has 130 valence electrons. The minimum Gasteiger partial charge on any atom is -0.337 e. The van der Waals surface area contributed by atoms with Crippen LogP contribution in [-0.2, 0) is 0 Å². The lowest BCUT2D eigenvalue weighted by atomic mass is 10.3. The maximum Gasteiger partial charge on any atom is 0.197 e. The van der Waals surface area contributed by atoms with Gasteiger partial charge in [0.2, 0.25) is 0 Å². The number of anilines is 2. The molecule has 0 aliphatic heterocycles. The van der Waals surface area contributed by atoms with Gasteiger partial charge in [0.25, 0.3) is 0 Å². The molecule has 0 aliphatic carbocycles. The molecule has 4 rings (SSSR count). The van der Waals surface area contributed by atoms with Gasteiger partial charge < -0.3 is 5.32 Å². The van der Waals surface area contributed by atoms with Crippen LogP contribution in [0.15, 0.2) is 53.0 Å². The molecule has 0 bridgehead atoms. The van der Waals surface area contributed by atoms with Crippen molar-refractivity contribution < 1.29 is 0 Å². The molecule has 0 spiro atoms. The van der Waals surface area contributed by atoms with Gasteiger partial charge in [-0.3, -0.25) is 0 Å². The Labute approximate surface area is 164 Å². The second-order valence-corrected chi connectivity index (χ2v) is 7.35. The van der Waals surface area contributed by atoms with Crippen LogP contribution in [0.5, 0.6) is 0 Å². The summed E-state index contributed by atoms with van der Waals surface area (Å²) in [5.41, 5.74) is 4.31. The molecule has 2 aromatic heterocycles. The van der Waals surface area contributed by atoms with Crippen molar-refractivity contribution in [2.24, 2.45) is 0 Å². The third-order valence-corrected chi connectivity index (χ3v) is 4.69. The normalized spacial score (nSPS) is 11.1. The number of nitrogens with zero attached hydrogens (tertiary/aromatic N) is 4. The highest BCUT2D eigenvalue weighted by Crippen LogP contribution is 2.27. The van der Waals surface area contributed by atoms with Gasteiger partial charge in [-0.2, -0.15) is 5.10 Å². The molecule has 0 saturated carbocycles. The third kappa shape index (κ3) is 3.30. The van der Waals surface area contributed by atoms with Crippen LogP contribution in [0, 0.1) is 13.8 Å². The Balaban J connectivity index is 1.90. The molecule has 2 heterocycles. The zero-order valence-electron chi connectivity index (χ0n) is 14.2. The summed E-state index contributed by atoms with van der Waals surface area (Å²) in [4.78, 5) is 9.53. The van der Waals surface area contributed by atoms with Crippen LogP contribution >= 0.6 is 27.5 Å². The first kappa shape index (κ1) is 17.0. The highest BCUT2D eigenvalue weighted by Gasteiger charge is 2.15. The highest BCUT2D eigenvalue weighted by atomic mass is 79.9. The maximum atomic E-state index is 6.12. The smallest absolute Gasteiger partial charge is 0.197 e. The fraction of sp³-hybridized carbons (Fsp3) is 0.105. The van der Waals surface area contributed by atoms with E-state index in [0.29, 0.717) is 16.7 Å². The van der Waals surface area contributed by atoms with E-state index in [1.807, 2.05) is 62.4 Å². The van der Waals surface area contributed by atoms with Crippen LogP contribution in [0.25, 0.3) is 16.9 Å². The topological polar surface area (TPSA) is 55.6 Å². The molecule has 26 heavy (non-hydrogen) atoms. The van der Waals surface area contributed by atoms with Gasteiger partial charge >= 0.3 is 0 Å². The van der Waals surface area contributed by atoms with Gasteiger partial charge in [-0.25, -0.2) is 14.6 Å². The van der Waals surface area contributed by atoms with Gasteiger partial charge in [0.05, 0.1) is 16.7 Å². The second kappa shape index (κ2) is 6.70. The van der Waals surface area contributed by atoms with E-state index >= 15 is 0 Å². The summed E-state index contributed by atoms with van der Waals surface area (Å²) < 4.78 is 2.82. The zero-order valence-corrected chi connectivity index (χ0v) is 16.5. The molecule has 0 unspecified atom stereocenters. The summed E-state index contributed by atoms with van der Waals surface area (Å²) in [6.07, 6.45) is 0. The van der Waals surface area contributed by atoms with Crippen molar-refractivity contribution in [2.45, 2.75) is 13.8 Å². The molecule has 1 N–H and O–H groups in total. The molecule has 5 nitrogen and oxygen atoms in total. The van der Waals surface area contributed by atoms with E-state index in [1.54, 1.807) is 4.68 Å². The molecule has 7 heteroatoms. The summed E-state index contributed by atoms with van der Waals surface area (Å²) in [6.45, 7) is 3.96. The Kier molecular flexibility index (Phi) is 4.38. The van der Waals surface area contributed by atoms with Gasteiger partial charge in [-0.1, -0.05) is 27.5 Å². The van der Waals surface area contributed by atoms with Gasteiger partial charge in [-0.05, 0) is 62.4 Å². The Morgan fingerprint density at radius 3 is 2.42 bits per heavy atom. The van der Waals surface area contributed by atoms with Crippen molar-refractivity contribution in [1.82, 2.24) is 19.7 Å². The fourth-order valence-corrected chi connectivity index (χ4v) is 3.19. The van der Waals surface area contributed by atoms with Gasteiger partial charge in [0.1, 0.15) is 0 Å². The van der Waals surface area contributed by atoms with Crippen LogP contribution in [0.1, 0.15) is 11.4 Å². The van der Waals surface area contributed by atoms with Crippen molar-refractivity contribution in [3.63, 3.8) is 0 Å². The number of aryl methyl sites for hydroxylation is 2. The third-order valence-electron chi connectivity index (χ3n) is 3.93. The van der Waals surface area contributed by atoms with Crippen molar-refractivity contribution in [1.29, 1.82) is 0 Å². The van der Waals surface area contributed by atoms with Crippen molar-refractivity contribution in [3.05, 3.63) is 69.4 Å². The first-order valence-electron chi connectivity index (χ1n) is 8.03. The summed E-state index contributed by atoms with van der Waals surface area (Å²) in [7, 11) is 0. The standard InChI is InChI=1S/C19H15BrClN5/c1-11-9-12(2)26(25-11)19-18(22-15-6-3-13(20)4-7-15)23-17-10-14(21)5-8-16(17)24-19/h3-10H,1-2H3,(H,22,23). The summed E-state index contributed by atoms with van der Waals surface area (Å²) in [5.74, 6) is 1.27. The minimum absolute atomic E-state index is 0.619. The molecular weight excluding hydrogens is 414 g/mol. The number of halogens is 2. The number of rotatable bonds is 3. The summed E-state index contributed by atoms with van der Waals surface area (Å²) in [6, 6.07) is 15.4. The van der Waals surface area contributed by atoms with Gasteiger partial charge in [0.15, 0.2) is 11.6 Å². The lowest BCUT2D eigenvalue weighted by molar-refractivity contribution is 0.808. The molecule has 4 aromatic rings. The minimum atomic E-state index is 0.619. The van der Waals surface area contributed by atoms with Crippen molar-refractivity contribution >= 4 is 50.1 Å². The van der Waals surface area contributed by atoms with Gasteiger partial charge in [-0.15, -0.1) is 0 Å². The van der Waals surface area contributed by atoms with E-state index in [-0.39, 0.29) is 0 Å². The van der Waals surface area contributed by atoms with Crippen molar-refractivity contribution in [3.8, 4) is 5.82 Å². The molecule has 0 fully saturated rings. The number of hydrogen-bond acceptors (Lipinski definition) is 4. The highest BCUT2D eigenvalue weighted by molar-refractivity contribution is 9.10. The van der Waals surface area contributed by atoms with Crippen LogP contribution in [0.3, 0.4) is 0 Å². The molecule has 0 amide bonds. The predicted octanol–water partition coefficient (Wildman–Crippen LogP) is 5.59. The molecule has 0 saturated heterocycles. The molecular formula is C19H15BrClN5. The van der Waals surface area contributed by atoms with E-state index in [2.05, 4.69) is 26.3 Å². The molecule has 2 aromatic carbocycles. The lowest BCUT2D eigenvalue weighted by Gasteiger charge is -2.13. The quantitative estimate of drug-likeness (QED) is 0.462. The van der Waals surface area contributed by atoms with E-state index in [0.717, 1.165) is 32.6 Å². The largest absolute Gasteiger partial charge is 0.337 e. The SMILES string of the molecule is Cc1cc(C)n(-c2nc3ccc(Cl)cc3nc2Nc2ccc(Br)cc2)n1. The Bertz CT molecular complexity index is 1110. The number of fused-ring (bicyclic) bond motifs is 1. The Morgan fingerprint density at radius 1 is 0.962 bits per heavy atom. The van der Waals surface area contributed by atoms with E-state index in [1.165, 1.54) is 0 Å². The first-order valence-corrected chi connectivity index (χ1v) is 9.20. The molecule has 0 aliphatic rings. The Hall–Kier alpha value is -2.44. The number of nitrogens with one attached hydrogen (secondary N) is 1. The van der Waals surface area contributed by atoms with Crippen LogP contribution in [0.2, 0.25) is 5.02 Å². The first-order chi connectivity index (χ1) is 12.5. The summed E-state index contributed by atoms with van der Waals surface area (Å²) >= 11 is 9.57. The molecule has 0 atom stereocenters. The van der Waals surface area contributed by atoms with E-state index < -0.39 is 0 Å². The number of benzene rings is 2. The maximum absolute atomic E-state index is 6.12. The van der Waals surface area contributed by atoms with Gasteiger partial charge in [0, 0.05) is 20.9 Å². The second-order valence-electron chi connectivity index (χ2n) is 6.00. The van der Waals surface area contributed by atoms with Crippen molar-refractivity contribution in [2.75, 3.05) is 5.32 Å². The summed E-state index contributed by atoms with van der Waals surface area (Å²) in [5, 5.41) is 8.54. The van der Waals surface area contributed by atoms with E-state index in [9.17, 15) is 0 Å². The predicted molar refractivity (Wildman–Crippen MR) is 109 cm³/mol.